The lowest BCUT2D eigenvalue weighted by molar-refractivity contribution is -0.178. The molecule has 0 aromatic rings. The van der Waals surface area contributed by atoms with Crippen LogP contribution in [0.5, 0.6) is 0 Å². The van der Waals surface area contributed by atoms with Crippen molar-refractivity contribution in [3.05, 3.63) is 0 Å². The van der Waals surface area contributed by atoms with Crippen molar-refractivity contribution in [1.82, 2.24) is 0 Å². The number of rotatable bonds is 5. The van der Waals surface area contributed by atoms with Gasteiger partial charge in [0.25, 0.3) is 0 Å². The molecule has 2 nitrogen and oxygen atoms in total. The maximum absolute atomic E-state index is 12.2. The highest BCUT2D eigenvalue weighted by Crippen LogP contribution is 2.32. The van der Waals surface area contributed by atoms with E-state index in [1.807, 2.05) is 0 Å². The minimum absolute atomic E-state index is 0.00288. The Labute approximate surface area is 81.4 Å². The van der Waals surface area contributed by atoms with Crippen molar-refractivity contribution >= 4 is 5.97 Å². The summed E-state index contributed by atoms with van der Waals surface area (Å²) in [5.41, 5.74) is 0. The zero-order valence-electron chi connectivity index (χ0n) is 8.36. The Balaban J connectivity index is 3.91. The van der Waals surface area contributed by atoms with Crippen LogP contribution in [0.4, 0.5) is 13.2 Å². The van der Waals surface area contributed by atoms with Gasteiger partial charge in [-0.1, -0.05) is 6.92 Å². The fraction of sp³-hybridized carbons (Fsp3) is 0.889. The van der Waals surface area contributed by atoms with Gasteiger partial charge in [0, 0.05) is 6.42 Å². The van der Waals surface area contributed by atoms with Gasteiger partial charge in [0.05, 0.1) is 12.5 Å². The van der Waals surface area contributed by atoms with Crippen molar-refractivity contribution in [2.24, 2.45) is 5.92 Å². The van der Waals surface area contributed by atoms with E-state index < -0.39 is 18.1 Å². The maximum atomic E-state index is 12.2. The Bertz CT molecular complexity index is 177. The minimum Gasteiger partial charge on any atom is -0.466 e. The van der Waals surface area contributed by atoms with Crippen molar-refractivity contribution in [2.75, 3.05) is 6.61 Å². The molecule has 14 heavy (non-hydrogen) atoms. The van der Waals surface area contributed by atoms with E-state index in [0.29, 0.717) is 0 Å². The quantitative estimate of drug-likeness (QED) is 0.655. The number of carbonyl (C=O) groups is 1. The van der Waals surface area contributed by atoms with E-state index in [1.54, 1.807) is 6.92 Å². The number of ether oxygens (including phenoxy) is 1. The van der Waals surface area contributed by atoms with Gasteiger partial charge in [-0.3, -0.25) is 4.79 Å². The van der Waals surface area contributed by atoms with E-state index in [9.17, 15) is 18.0 Å². The van der Waals surface area contributed by atoms with E-state index in [2.05, 4.69) is 4.74 Å². The predicted octanol–water partition coefficient (Wildman–Crippen LogP) is 2.92. The Morgan fingerprint density at radius 3 is 2.29 bits per heavy atom. The summed E-state index contributed by atoms with van der Waals surface area (Å²) in [4.78, 5) is 10.8. The fourth-order valence-corrected chi connectivity index (χ4v) is 1.12. The molecule has 0 amide bonds. The second-order valence-electron chi connectivity index (χ2n) is 2.99. The van der Waals surface area contributed by atoms with Crippen LogP contribution in [-0.4, -0.2) is 18.8 Å². The van der Waals surface area contributed by atoms with E-state index >= 15 is 0 Å². The molecule has 1 atom stereocenters. The number of esters is 1. The third-order valence-corrected chi connectivity index (χ3v) is 1.96. The van der Waals surface area contributed by atoms with E-state index in [4.69, 9.17) is 0 Å². The summed E-state index contributed by atoms with van der Waals surface area (Å²) in [6, 6.07) is 0. The smallest absolute Gasteiger partial charge is 0.391 e. The van der Waals surface area contributed by atoms with Crippen molar-refractivity contribution in [3.63, 3.8) is 0 Å². The zero-order valence-corrected chi connectivity index (χ0v) is 8.36. The second kappa shape index (κ2) is 5.88. The second-order valence-corrected chi connectivity index (χ2v) is 2.99. The third-order valence-electron chi connectivity index (χ3n) is 1.96. The Morgan fingerprint density at radius 2 is 1.93 bits per heavy atom. The Kier molecular flexibility index (Phi) is 5.57. The Morgan fingerprint density at radius 1 is 1.36 bits per heavy atom. The summed E-state index contributed by atoms with van der Waals surface area (Å²) in [7, 11) is 0. The lowest BCUT2D eigenvalue weighted by Crippen LogP contribution is -2.23. The predicted molar refractivity (Wildman–Crippen MR) is 45.7 cm³/mol. The standard InChI is InChI=1S/C9H15F3O2/c1-3-7(9(10,11)12)5-6-8(13)14-4-2/h7H,3-6H2,1-2H3. The average Bonchev–Trinajstić information content (AvgIpc) is 2.03. The van der Waals surface area contributed by atoms with Gasteiger partial charge >= 0.3 is 12.1 Å². The van der Waals surface area contributed by atoms with Crippen LogP contribution in [0.3, 0.4) is 0 Å². The van der Waals surface area contributed by atoms with E-state index in [-0.39, 0.29) is 25.9 Å². The first-order chi connectivity index (χ1) is 6.41. The molecule has 0 aromatic heterocycles. The molecule has 0 bridgehead atoms. The molecular weight excluding hydrogens is 197 g/mol. The van der Waals surface area contributed by atoms with Crippen molar-refractivity contribution in [1.29, 1.82) is 0 Å². The van der Waals surface area contributed by atoms with Crippen molar-refractivity contribution in [3.8, 4) is 0 Å². The molecule has 0 saturated carbocycles. The monoisotopic (exact) mass is 212 g/mol. The van der Waals surface area contributed by atoms with Crippen LogP contribution in [0, 0.1) is 5.92 Å². The minimum atomic E-state index is -4.21. The first kappa shape index (κ1) is 13.3. The number of alkyl halides is 3. The molecule has 0 rings (SSSR count). The summed E-state index contributed by atoms with van der Waals surface area (Å²) >= 11 is 0. The summed E-state index contributed by atoms with van der Waals surface area (Å²) in [6.45, 7) is 3.30. The van der Waals surface area contributed by atoms with Crippen LogP contribution in [0.15, 0.2) is 0 Å². The molecule has 0 N–H and O–H groups in total. The SMILES string of the molecule is CCOC(=O)CCC(CC)C(F)(F)F. The summed E-state index contributed by atoms with van der Waals surface area (Å²) < 4.78 is 41.2. The highest BCUT2D eigenvalue weighted by molar-refractivity contribution is 5.69. The van der Waals surface area contributed by atoms with Crippen LogP contribution in [0.2, 0.25) is 0 Å². The van der Waals surface area contributed by atoms with E-state index in [0.717, 1.165) is 0 Å². The van der Waals surface area contributed by atoms with Gasteiger partial charge in [0.15, 0.2) is 0 Å². The van der Waals surface area contributed by atoms with Crippen LogP contribution in [0.1, 0.15) is 33.1 Å². The average molecular weight is 212 g/mol. The lowest BCUT2D eigenvalue weighted by atomic mass is 10.00. The molecule has 0 aliphatic heterocycles. The van der Waals surface area contributed by atoms with E-state index in [1.165, 1.54) is 6.92 Å². The number of carbonyl (C=O) groups excluding carboxylic acids is 1. The summed E-state index contributed by atoms with van der Waals surface area (Å²) in [5, 5.41) is 0. The van der Waals surface area contributed by atoms with Gasteiger partial charge in [-0.25, -0.2) is 0 Å². The molecule has 1 unspecified atom stereocenters. The van der Waals surface area contributed by atoms with Gasteiger partial charge < -0.3 is 4.74 Å². The van der Waals surface area contributed by atoms with Crippen LogP contribution >= 0.6 is 0 Å². The molecule has 0 spiro atoms. The van der Waals surface area contributed by atoms with Gasteiger partial charge in [0.1, 0.15) is 0 Å². The molecule has 0 aliphatic rings. The topological polar surface area (TPSA) is 26.3 Å². The molecule has 0 heterocycles. The van der Waals surface area contributed by atoms with Gasteiger partial charge in [-0.05, 0) is 19.8 Å². The fourth-order valence-electron chi connectivity index (χ4n) is 1.12. The summed E-state index contributed by atoms with van der Waals surface area (Å²) in [6.07, 6.45) is -4.55. The van der Waals surface area contributed by atoms with Crippen molar-refractivity contribution in [2.45, 2.75) is 39.3 Å². The largest absolute Gasteiger partial charge is 0.466 e. The summed E-state index contributed by atoms with van der Waals surface area (Å²) in [5.74, 6) is -1.96. The van der Waals surface area contributed by atoms with Gasteiger partial charge in [-0.2, -0.15) is 13.2 Å². The number of halogens is 3. The molecular formula is C9H15F3O2. The number of hydrogen-bond acceptors (Lipinski definition) is 2. The van der Waals surface area contributed by atoms with Crippen LogP contribution in [-0.2, 0) is 9.53 Å². The molecule has 84 valence electrons. The first-order valence-electron chi connectivity index (χ1n) is 4.64. The molecule has 0 aliphatic carbocycles. The Hall–Kier alpha value is -0.740. The number of hydrogen-bond donors (Lipinski definition) is 0. The molecule has 0 radical (unpaired) electrons. The normalized spacial score (nSPS) is 13.8. The van der Waals surface area contributed by atoms with Gasteiger partial charge in [-0.15, -0.1) is 0 Å². The lowest BCUT2D eigenvalue weighted by Gasteiger charge is -2.17. The van der Waals surface area contributed by atoms with Crippen LogP contribution in [0.25, 0.3) is 0 Å². The van der Waals surface area contributed by atoms with Gasteiger partial charge in [0.2, 0.25) is 0 Å². The first-order valence-corrected chi connectivity index (χ1v) is 4.64. The zero-order chi connectivity index (χ0) is 11.2. The molecule has 0 saturated heterocycles. The highest BCUT2D eigenvalue weighted by Gasteiger charge is 2.37. The maximum Gasteiger partial charge on any atom is 0.391 e. The van der Waals surface area contributed by atoms with Crippen LogP contribution < -0.4 is 0 Å². The third kappa shape index (κ3) is 5.09. The molecule has 0 fully saturated rings. The molecule has 0 aromatic carbocycles. The molecule has 5 heteroatoms. The highest BCUT2D eigenvalue weighted by atomic mass is 19.4. The van der Waals surface area contributed by atoms with Crippen molar-refractivity contribution < 1.29 is 22.7 Å².